The molecule has 3 aliphatic rings. The fourth-order valence-electron chi connectivity index (χ4n) is 6.65. The molecule has 0 radical (unpaired) electrons. The Kier molecular flexibility index (Phi) is 6.43. The molecule has 4 aromatic carbocycles. The van der Waals surface area contributed by atoms with Gasteiger partial charge in [-0.25, -0.2) is 0 Å². The van der Waals surface area contributed by atoms with E-state index < -0.39 is 0 Å². The van der Waals surface area contributed by atoms with Gasteiger partial charge in [0, 0.05) is 12.1 Å². The first-order chi connectivity index (χ1) is 18.8. The topological polar surface area (TPSA) is 15.6 Å². The van der Waals surface area contributed by atoms with Gasteiger partial charge in [0.2, 0.25) is 0 Å². The Hall–Kier alpha value is -2.79. The lowest BCUT2D eigenvalue weighted by Gasteiger charge is -2.43. The Morgan fingerprint density at radius 1 is 0.684 bits per heavy atom. The van der Waals surface area contributed by atoms with Crippen molar-refractivity contribution in [2.24, 2.45) is 4.99 Å². The van der Waals surface area contributed by atoms with Gasteiger partial charge in [-0.1, -0.05) is 146 Å². The molecule has 1 saturated carbocycles. The molecule has 3 atom stereocenters. The molecule has 0 N–H and O–H groups in total. The quantitative estimate of drug-likeness (QED) is 0.255. The van der Waals surface area contributed by atoms with Crippen molar-refractivity contribution in [3.63, 3.8) is 0 Å². The third-order valence-corrected chi connectivity index (χ3v) is 12.0. The minimum absolute atomic E-state index is 0.0769. The van der Waals surface area contributed by atoms with Crippen LogP contribution in [0.15, 0.2) is 126 Å². The van der Waals surface area contributed by atoms with Crippen molar-refractivity contribution in [2.45, 2.75) is 53.3 Å². The molecular formula is C34H32N2S2. The van der Waals surface area contributed by atoms with Gasteiger partial charge >= 0.3 is 0 Å². The Morgan fingerprint density at radius 3 is 1.87 bits per heavy atom. The summed E-state index contributed by atoms with van der Waals surface area (Å²) in [6.45, 7) is 0.909. The normalized spacial score (nSPS) is 26.3. The Morgan fingerprint density at radius 2 is 1.24 bits per heavy atom. The summed E-state index contributed by atoms with van der Waals surface area (Å²) >= 11 is 4.23. The van der Waals surface area contributed by atoms with Crippen molar-refractivity contribution in [1.82, 2.24) is 4.90 Å². The highest BCUT2D eigenvalue weighted by Crippen LogP contribution is 2.73. The second-order valence-corrected chi connectivity index (χ2v) is 13.5. The summed E-state index contributed by atoms with van der Waals surface area (Å²) in [7, 11) is 0. The van der Waals surface area contributed by atoms with Gasteiger partial charge in [0.05, 0.1) is 22.0 Å². The standard InChI is InChI=1S/C34H32N2S2/c1-5-15-26(16-6-1)25-36-30(27-17-7-2-8-18-27)34(38-32(36)29-21-11-4-12-22-29)33(23-13-14-24-33)35-31(37-34)28-19-9-3-10-20-28/h1-12,15-22,30,32H,13-14,23-25H2/t30-,32+,34+/m1/s1. The van der Waals surface area contributed by atoms with Crippen LogP contribution in [0.1, 0.15) is 59.4 Å². The van der Waals surface area contributed by atoms with Gasteiger partial charge in [0.1, 0.15) is 4.08 Å². The summed E-state index contributed by atoms with van der Waals surface area (Å²) in [5.41, 5.74) is 5.32. The highest BCUT2D eigenvalue weighted by atomic mass is 32.2. The molecule has 0 aromatic heterocycles. The van der Waals surface area contributed by atoms with Crippen molar-refractivity contribution in [2.75, 3.05) is 0 Å². The summed E-state index contributed by atoms with van der Waals surface area (Å²) in [6, 6.07) is 44.5. The van der Waals surface area contributed by atoms with Gasteiger partial charge in [-0.2, -0.15) is 0 Å². The van der Waals surface area contributed by atoms with Crippen LogP contribution in [0.4, 0.5) is 0 Å². The highest BCUT2D eigenvalue weighted by Gasteiger charge is 2.68. The van der Waals surface area contributed by atoms with Crippen LogP contribution in [0.5, 0.6) is 0 Å². The molecule has 2 fully saturated rings. The van der Waals surface area contributed by atoms with Crippen LogP contribution in [-0.2, 0) is 6.54 Å². The first kappa shape index (κ1) is 24.3. The molecule has 2 aliphatic heterocycles. The Bertz CT molecular complexity index is 1400. The van der Waals surface area contributed by atoms with Crippen LogP contribution >= 0.6 is 23.5 Å². The van der Waals surface area contributed by atoms with Crippen LogP contribution in [0.25, 0.3) is 0 Å². The lowest BCUT2D eigenvalue weighted by molar-refractivity contribution is 0.160. The fourth-order valence-corrected chi connectivity index (χ4v) is 10.8. The van der Waals surface area contributed by atoms with E-state index in [0.717, 1.165) is 19.4 Å². The van der Waals surface area contributed by atoms with E-state index in [2.05, 4.69) is 150 Å². The first-order valence-corrected chi connectivity index (χ1v) is 15.4. The largest absolute Gasteiger partial charge is 0.274 e. The zero-order chi connectivity index (χ0) is 25.4. The molecule has 1 aliphatic carbocycles. The lowest BCUT2D eigenvalue weighted by atomic mass is 9.84. The molecule has 2 spiro atoms. The first-order valence-electron chi connectivity index (χ1n) is 13.7. The molecule has 190 valence electrons. The van der Waals surface area contributed by atoms with Crippen molar-refractivity contribution in [3.8, 4) is 0 Å². The van der Waals surface area contributed by atoms with Crippen molar-refractivity contribution in [1.29, 1.82) is 0 Å². The van der Waals surface area contributed by atoms with Crippen molar-refractivity contribution < 1.29 is 0 Å². The molecule has 4 aromatic rings. The molecule has 38 heavy (non-hydrogen) atoms. The van der Waals surface area contributed by atoms with Gasteiger partial charge in [0.25, 0.3) is 0 Å². The number of aliphatic imine (C=N–C) groups is 1. The fraction of sp³-hybridized carbons (Fsp3) is 0.265. The molecule has 2 heterocycles. The lowest BCUT2D eigenvalue weighted by Crippen LogP contribution is -2.48. The van der Waals surface area contributed by atoms with E-state index in [-0.39, 0.29) is 21.0 Å². The predicted octanol–water partition coefficient (Wildman–Crippen LogP) is 8.88. The van der Waals surface area contributed by atoms with Crippen molar-refractivity contribution in [3.05, 3.63) is 144 Å². The predicted molar refractivity (Wildman–Crippen MR) is 162 cm³/mol. The maximum atomic E-state index is 5.70. The second kappa shape index (κ2) is 10.1. The van der Waals surface area contributed by atoms with Crippen LogP contribution < -0.4 is 0 Å². The molecule has 2 nitrogen and oxygen atoms in total. The van der Waals surface area contributed by atoms with E-state index in [1.54, 1.807) is 0 Å². The van der Waals surface area contributed by atoms with Crippen LogP contribution in [-0.4, -0.2) is 19.6 Å². The zero-order valence-corrected chi connectivity index (χ0v) is 23.1. The summed E-state index contributed by atoms with van der Waals surface area (Å²) in [6.07, 6.45) is 4.83. The summed E-state index contributed by atoms with van der Waals surface area (Å²) < 4.78 is -0.106. The number of thioether (sulfide) groups is 2. The molecule has 0 unspecified atom stereocenters. The van der Waals surface area contributed by atoms with E-state index in [1.807, 2.05) is 0 Å². The zero-order valence-electron chi connectivity index (χ0n) is 21.4. The minimum Gasteiger partial charge on any atom is -0.274 e. The van der Waals surface area contributed by atoms with Crippen LogP contribution in [0.3, 0.4) is 0 Å². The van der Waals surface area contributed by atoms with Gasteiger partial charge in [-0.05, 0) is 29.5 Å². The minimum atomic E-state index is -0.106. The maximum Gasteiger partial charge on any atom is 0.114 e. The van der Waals surface area contributed by atoms with E-state index in [9.17, 15) is 0 Å². The van der Waals surface area contributed by atoms with E-state index in [1.165, 1.54) is 40.1 Å². The SMILES string of the molecule is c1ccc(CN2[C@H](c3ccccc3)S[C@@]3(SC(c4ccccc4)=NC34CCCC4)[C@H]2c2ccccc2)cc1. The smallest absolute Gasteiger partial charge is 0.114 e. The number of hydrogen-bond acceptors (Lipinski definition) is 4. The average Bonchev–Trinajstić information content (AvgIpc) is 3.68. The number of nitrogens with zero attached hydrogens (tertiary/aromatic N) is 2. The van der Waals surface area contributed by atoms with Gasteiger partial charge in [0.15, 0.2) is 0 Å². The number of fused-ring (bicyclic) bond motifs is 1. The highest BCUT2D eigenvalue weighted by molar-refractivity contribution is 8.27. The third kappa shape index (κ3) is 4.05. The van der Waals surface area contributed by atoms with Crippen molar-refractivity contribution >= 4 is 28.6 Å². The van der Waals surface area contributed by atoms with Gasteiger partial charge in [-0.15, -0.1) is 11.8 Å². The number of hydrogen-bond donors (Lipinski definition) is 0. The van der Waals surface area contributed by atoms with Gasteiger partial charge in [-0.3, -0.25) is 9.89 Å². The van der Waals surface area contributed by atoms with Gasteiger partial charge < -0.3 is 0 Å². The monoisotopic (exact) mass is 532 g/mol. The van der Waals surface area contributed by atoms with Crippen LogP contribution in [0, 0.1) is 0 Å². The average molecular weight is 533 g/mol. The molecule has 4 heteroatoms. The number of rotatable bonds is 5. The Labute approximate surface area is 234 Å². The molecule has 0 amide bonds. The molecule has 0 bridgehead atoms. The molecule has 1 saturated heterocycles. The van der Waals surface area contributed by atoms with E-state index in [0.29, 0.717) is 0 Å². The number of benzene rings is 4. The molecule has 7 rings (SSSR count). The van der Waals surface area contributed by atoms with E-state index >= 15 is 0 Å². The maximum absolute atomic E-state index is 5.70. The summed E-state index contributed by atoms with van der Waals surface area (Å²) in [5, 5.41) is 1.46. The Balaban J connectivity index is 1.42. The van der Waals surface area contributed by atoms with Crippen LogP contribution in [0.2, 0.25) is 0 Å². The van der Waals surface area contributed by atoms with E-state index in [4.69, 9.17) is 4.99 Å². The summed E-state index contributed by atoms with van der Waals surface area (Å²) in [4.78, 5) is 8.48. The molecular weight excluding hydrogens is 501 g/mol. The summed E-state index contributed by atoms with van der Waals surface area (Å²) in [5.74, 6) is 0. The second-order valence-electron chi connectivity index (χ2n) is 10.6. The third-order valence-electron chi connectivity index (χ3n) is 8.35.